The van der Waals surface area contributed by atoms with E-state index in [4.69, 9.17) is 4.42 Å². The number of benzene rings is 8. The Bertz CT molecular complexity index is 3110. The van der Waals surface area contributed by atoms with E-state index in [0.717, 1.165) is 41.2 Å². The predicted molar refractivity (Wildman–Crippen MR) is 238 cm³/mol. The quantitative estimate of drug-likeness (QED) is 0.163. The molecule has 0 bridgehead atoms. The van der Waals surface area contributed by atoms with Gasteiger partial charge < -0.3 is 13.9 Å². The Morgan fingerprint density at radius 1 is 0.404 bits per heavy atom. The molecule has 0 saturated heterocycles. The number of fused-ring (bicyclic) bond motifs is 6. The van der Waals surface area contributed by atoms with Crippen molar-refractivity contribution in [3.8, 4) is 39.1 Å². The summed E-state index contributed by atoms with van der Waals surface area (Å²) in [5.74, 6) is 0.954. The lowest BCUT2D eigenvalue weighted by Crippen LogP contribution is -2.18. The second-order valence-corrected chi connectivity index (χ2v) is 14.9. The van der Waals surface area contributed by atoms with Gasteiger partial charge in [-0.3, -0.25) is 0 Å². The third kappa shape index (κ3) is 5.84. The van der Waals surface area contributed by atoms with Crippen LogP contribution in [0.1, 0.15) is 17.7 Å². The molecule has 3 heteroatoms. The van der Waals surface area contributed by atoms with E-state index in [1.54, 1.807) is 0 Å². The molecule has 0 fully saturated rings. The van der Waals surface area contributed by atoms with Crippen molar-refractivity contribution < 1.29 is 4.42 Å². The molecule has 8 aromatic carbocycles. The van der Waals surface area contributed by atoms with Crippen molar-refractivity contribution in [2.24, 2.45) is 0 Å². The van der Waals surface area contributed by atoms with Crippen molar-refractivity contribution in [2.45, 2.75) is 12.8 Å². The number of allylic oxidation sites excluding steroid dienone is 1. The monoisotopic (exact) mass is 730 g/mol. The topological polar surface area (TPSA) is 21.3 Å². The largest absolute Gasteiger partial charge is 0.456 e. The van der Waals surface area contributed by atoms with Gasteiger partial charge in [0.15, 0.2) is 0 Å². The molecule has 270 valence electrons. The maximum atomic E-state index is 6.44. The summed E-state index contributed by atoms with van der Waals surface area (Å²) < 4.78 is 8.83. The van der Waals surface area contributed by atoms with Gasteiger partial charge in [-0.05, 0) is 107 Å². The summed E-state index contributed by atoms with van der Waals surface area (Å²) in [5.41, 5.74) is 16.4. The van der Waals surface area contributed by atoms with Gasteiger partial charge in [0.1, 0.15) is 11.3 Å². The summed E-state index contributed by atoms with van der Waals surface area (Å²) in [4.78, 5) is 2.41. The Balaban J connectivity index is 1.000. The maximum absolute atomic E-state index is 6.44. The Hall–Kier alpha value is -7.36. The molecule has 0 spiro atoms. The highest BCUT2D eigenvalue weighted by molar-refractivity contribution is 6.10. The lowest BCUT2D eigenvalue weighted by Gasteiger charge is -2.30. The number of hydrogen-bond donors (Lipinski definition) is 0. The number of rotatable bonds is 7. The van der Waals surface area contributed by atoms with E-state index in [0.29, 0.717) is 0 Å². The molecule has 10 aromatic rings. The summed E-state index contributed by atoms with van der Waals surface area (Å²) in [6.45, 7) is 0. The number of nitrogens with zero attached hydrogens (tertiary/aromatic N) is 2. The van der Waals surface area contributed by atoms with Crippen LogP contribution >= 0.6 is 0 Å². The summed E-state index contributed by atoms with van der Waals surface area (Å²) in [5, 5.41) is 3.73. The van der Waals surface area contributed by atoms with E-state index < -0.39 is 0 Å². The Morgan fingerprint density at radius 2 is 1.00 bits per heavy atom. The number of furan rings is 1. The SMILES string of the molecule is C1=C(N(c2ccc(-c3ccccc3)cc2)c2cccc(-c3cccc(-c4ccc5c6ccccc6n(-c6ccccc6)c5c4)c3)c2)CCc2c1oc1ccccc21. The highest BCUT2D eigenvalue weighted by Gasteiger charge is 2.24. The van der Waals surface area contributed by atoms with Crippen molar-refractivity contribution in [3.05, 3.63) is 217 Å². The Labute approximate surface area is 332 Å². The fraction of sp³-hybridized carbons (Fsp3) is 0.0370. The molecule has 0 saturated carbocycles. The predicted octanol–water partition coefficient (Wildman–Crippen LogP) is 14.7. The van der Waals surface area contributed by atoms with Crippen molar-refractivity contribution >= 4 is 50.2 Å². The lowest BCUT2D eigenvalue weighted by atomic mass is 9.96. The van der Waals surface area contributed by atoms with Gasteiger partial charge in [-0.2, -0.15) is 0 Å². The first-order chi connectivity index (χ1) is 28.2. The van der Waals surface area contributed by atoms with Crippen LogP contribution < -0.4 is 4.90 Å². The Kier molecular flexibility index (Phi) is 7.96. The first-order valence-corrected chi connectivity index (χ1v) is 19.7. The smallest absolute Gasteiger partial charge is 0.135 e. The molecule has 2 heterocycles. The highest BCUT2D eigenvalue weighted by atomic mass is 16.3. The third-order valence-corrected chi connectivity index (χ3v) is 11.5. The molecule has 1 aliphatic carbocycles. The van der Waals surface area contributed by atoms with Crippen LogP contribution in [0.2, 0.25) is 0 Å². The second-order valence-electron chi connectivity index (χ2n) is 14.9. The van der Waals surface area contributed by atoms with E-state index >= 15 is 0 Å². The van der Waals surface area contributed by atoms with E-state index in [-0.39, 0.29) is 0 Å². The molecular formula is C54H38N2O. The van der Waals surface area contributed by atoms with Crippen molar-refractivity contribution in [3.63, 3.8) is 0 Å². The minimum Gasteiger partial charge on any atom is -0.456 e. The number of aryl methyl sites for hydroxylation is 1. The number of hydrogen-bond acceptors (Lipinski definition) is 2. The molecule has 1 aliphatic rings. The molecule has 3 nitrogen and oxygen atoms in total. The van der Waals surface area contributed by atoms with Gasteiger partial charge in [0.25, 0.3) is 0 Å². The normalized spacial score (nSPS) is 12.5. The van der Waals surface area contributed by atoms with Crippen LogP contribution in [-0.2, 0) is 6.42 Å². The molecule has 0 radical (unpaired) electrons. The average molecular weight is 731 g/mol. The summed E-state index contributed by atoms with van der Waals surface area (Å²) in [6, 6.07) is 72.1. The zero-order valence-electron chi connectivity index (χ0n) is 31.3. The molecule has 57 heavy (non-hydrogen) atoms. The summed E-state index contributed by atoms with van der Waals surface area (Å²) in [6.07, 6.45) is 4.08. The van der Waals surface area contributed by atoms with Crippen LogP contribution in [0.25, 0.3) is 77.9 Å². The van der Waals surface area contributed by atoms with E-state index in [1.165, 1.54) is 71.8 Å². The maximum Gasteiger partial charge on any atom is 0.135 e. The summed E-state index contributed by atoms with van der Waals surface area (Å²) in [7, 11) is 0. The van der Waals surface area contributed by atoms with Gasteiger partial charge in [-0.25, -0.2) is 0 Å². The van der Waals surface area contributed by atoms with Crippen LogP contribution in [0.3, 0.4) is 0 Å². The number of aromatic nitrogens is 1. The molecule has 0 amide bonds. The third-order valence-electron chi connectivity index (χ3n) is 11.5. The van der Waals surface area contributed by atoms with Crippen molar-refractivity contribution in [1.29, 1.82) is 0 Å². The minimum atomic E-state index is 0.902. The highest BCUT2D eigenvalue weighted by Crippen LogP contribution is 2.41. The fourth-order valence-corrected chi connectivity index (χ4v) is 8.77. The first kappa shape index (κ1) is 33.0. The Morgan fingerprint density at radius 3 is 1.81 bits per heavy atom. The second kappa shape index (κ2) is 13.7. The van der Waals surface area contributed by atoms with Crippen LogP contribution in [0.15, 0.2) is 210 Å². The fourth-order valence-electron chi connectivity index (χ4n) is 8.77. The number of anilines is 2. The molecule has 2 aromatic heterocycles. The van der Waals surface area contributed by atoms with Gasteiger partial charge in [0.2, 0.25) is 0 Å². The summed E-state index contributed by atoms with van der Waals surface area (Å²) >= 11 is 0. The minimum absolute atomic E-state index is 0.902. The van der Waals surface area contributed by atoms with Gasteiger partial charge >= 0.3 is 0 Å². The molecule has 0 N–H and O–H groups in total. The van der Waals surface area contributed by atoms with Crippen LogP contribution in [0.4, 0.5) is 11.4 Å². The van der Waals surface area contributed by atoms with E-state index in [1.807, 2.05) is 6.07 Å². The van der Waals surface area contributed by atoms with Crippen LogP contribution in [-0.4, -0.2) is 4.57 Å². The van der Waals surface area contributed by atoms with E-state index in [2.05, 4.69) is 210 Å². The molecule has 0 unspecified atom stereocenters. The zero-order chi connectivity index (χ0) is 37.7. The lowest BCUT2D eigenvalue weighted by molar-refractivity contribution is 0.593. The van der Waals surface area contributed by atoms with Crippen molar-refractivity contribution in [1.82, 2.24) is 4.57 Å². The average Bonchev–Trinajstić information content (AvgIpc) is 3.82. The molecule has 11 rings (SSSR count). The molecule has 0 atom stereocenters. The van der Waals surface area contributed by atoms with Crippen LogP contribution in [0.5, 0.6) is 0 Å². The van der Waals surface area contributed by atoms with Gasteiger partial charge in [0.05, 0.1) is 11.0 Å². The zero-order valence-corrected chi connectivity index (χ0v) is 31.3. The number of para-hydroxylation sites is 3. The molecule has 0 aliphatic heterocycles. The van der Waals surface area contributed by atoms with Crippen molar-refractivity contribution in [2.75, 3.05) is 4.90 Å². The van der Waals surface area contributed by atoms with Crippen LogP contribution in [0, 0.1) is 0 Å². The molecular weight excluding hydrogens is 693 g/mol. The van der Waals surface area contributed by atoms with Gasteiger partial charge in [-0.1, -0.05) is 140 Å². The standard InChI is InChI=1S/C54H38N2O/c1-3-13-37(14-4-1)38-25-28-44(29-26-38)55(46-30-32-50-49-22-8-10-24-53(49)57-54(50)36-46)45-20-12-17-41(34-45)39-15-11-16-40(33-39)42-27-31-48-47-21-7-9-23-51(47)56(52(48)35-42)43-18-5-2-6-19-43/h1-29,31,33-36H,30,32H2. The first-order valence-electron chi connectivity index (χ1n) is 19.7. The van der Waals surface area contributed by atoms with E-state index in [9.17, 15) is 0 Å². The van der Waals surface area contributed by atoms with Gasteiger partial charge in [-0.15, -0.1) is 0 Å². The van der Waals surface area contributed by atoms with Gasteiger partial charge in [0, 0.05) is 50.6 Å².